The molecule has 1 amide bonds. The number of fused-ring (bicyclic) bond motifs is 1. The van der Waals surface area contributed by atoms with E-state index in [4.69, 9.17) is 11.6 Å². The van der Waals surface area contributed by atoms with Crippen LogP contribution in [0.25, 0.3) is 11.1 Å². The molecule has 0 bridgehead atoms. The molecule has 1 aromatic heterocycles. The first-order valence-corrected chi connectivity index (χ1v) is 6.97. The largest absolute Gasteiger partial charge is 0.471 e. The van der Waals surface area contributed by atoms with Gasteiger partial charge in [-0.05, 0) is 35.7 Å². The number of alkyl halides is 3. The number of carbonyl (C=O) groups is 1. The van der Waals surface area contributed by atoms with Crippen LogP contribution in [0.5, 0.6) is 0 Å². The molecule has 0 saturated carbocycles. The van der Waals surface area contributed by atoms with Gasteiger partial charge in [-0.2, -0.15) is 13.2 Å². The van der Waals surface area contributed by atoms with Crippen LogP contribution >= 0.6 is 11.6 Å². The number of rotatable bonds is 1. The molecule has 3 nitrogen and oxygen atoms in total. The van der Waals surface area contributed by atoms with Crippen molar-refractivity contribution in [1.29, 1.82) is 0 Å². The lowest BCUT2D eigenvalue weighted by molar-refractivity contribution is -0.170. The number of carbonyl (C=O) groups excluding carboxylic acids is 1. The lowest BCUT2D eigenvalue weighted by Crippen LogP contribution is -2.40. The quantitative estimate of drug-likeness (QED) is 0.733. The van der Waals surface area contributed by atoms with Gasteiger partial charge in [0.1, 0.15) is 5.82 Å². The summed E-state index contributed by atoms with van der Waals surface area (Å²) >= 11 is 6.08. The number of pyridine rings is 1. The van der Waals surface area contributed by atoms with Crippen LogP contribution in [0.1, 0.15) is 5.56 Å². The molecule has 3 rings (SSSR count). The predicted molar refractivity (Wildman–Crippen MR) is 76.8 cm³/mol. The van der Waals surface area contributed by atoms with Gasteiger partial charge in [-0.3, -0.25) is 9.78 Å². The normalized spacial score (nSPS) is 14.0. The highest BCUT2D eigenvalue weighted by atomic mass is 35.5. The monoisotopic (exact) mass is 344 g/mol. The van der Waals surface area contributed by atoms with E-state index >= 15 is 0 Å². The van der Waals surface area contributed by atoms with Crippen LogP contribution in [0.2, 0.25) is 5.02 Å². The second-order valence-corrected chi connectivity index (χ2v) is 5.47. The fourth-order valence-electron chi connectivity index (χ4n) is 2.59. The van der Waals surface area contributed by atoms with Gasteiger partial charge in [-0.1, -0.05) is 11.6 Å². The van der Waals surface area contributed by atoms with E-state index < -0.39 is 17.9 Å². The van der Waals surface area contributed by atoms with Gasteiger partial charge in [0.2, 0.25) is 0 Å². The van der Waals surface area contributed by atoms with Crippen LogP contribution in [0.3, 0.4) is 0 Å². The van der Waals surface area contributed by atoms with Crippen molar-refractivity contribution in [2.45, 2.75) is 12.6 Å². The molecule has 0 aliphatic carbocycles. The summed E-state index contributed by atoms with van der Waals surface area (Å²) in [4.78, 5) is 15.8. The molecule has 1 aliphatic heterocycles. The molecule has 0 atom stereocenters. The minimum atomic E-state index is -4.96. The summed E-state index contributed by atoms with van der Waals surface area (Å²) < 4.78 is 51.1. The second-order valence-electron chi connectivity index (χ2n) is 5.06. The van der Waals surface area contributed by atoms with Crippen molar-refractivity contribution in [3.63, 3.8) is 0 Å². The number of hydrogen-bond donors (Lipinski definition) is 0. The van der Waals surface area contributed by atoms with Crippen LogP contribution < -0.4 is 4.90 Å². The number of amides is 1. The van der Waals surface area contributed by atoms with E-state index in [-0.39, 0.29) is 23.7 Å². The third kappa shape index (κ3) is 2.88. The van der Waals surface area contributed by atoms with Gasteiger partial charge in [0.15, 0.2) is 0 Å². The Kier molecular flexibility index (Phi) is 3.75. The lowest BCUT2D eigenvalue weighted by Gasteiger charge is -2.20. The maximum Gasteiger partial charge on any atom is 0.471 e. The molecule has 23 heavy (non-hydrogen) atoms. The molecule has 0 saturated heterocycles. The SMILES string of the molecule is O=C(N1CCc2cc(-c3cncc(F)c3)cc(Cl)c21)C(F)(F)F. The Bertz CT molecular complexity index is 792. The number of aromatic nitrogens is 1. The third-order valence-electron chi connectivity index (χ3n) is 3.54. The van der Waals surface area contributed by atoms with Crippen molar-refractivity contribution < 1.29 is 22.4 Å². The molecule has 2 aromatic rings. The minimum absolute atomic E-state index is 0.0110. The Balaban J connectivity index is 2.04. The highest BCUT2D eigenvalue weighted by Gasteiger charge is 2.45. The number of halogens is 5. The minimum Gasteiger partial charge on any atom is -0.303 e. The second kappa shape index (κ2) is 5.49. The van der Waals surface area contributed by atoms with E-state index in [0.29, 0.717) is 21.6 Å². The van der Waals surface area contributed by atoms with Crippen molar-refractivity contribution in [2.24, 2.45) is 0 Å². The summed E-state index contributed by atoms with van der Waals surface area (Å²) in [5, 5.41) is 0.0110. The molecule has 0 radical (unpaired) electrons. The summed E-state index contributed by atoms with van der Waals surface area (Å²) in [5.41, 5.74) is 1.55. The molecular weight excluding hydrogens is 336 g/mol. The third-order valence-corrected chi connectivity index (χ3v) is 3.83. The Hall–Kier alpha value is -2.15. The van der Waals surface area contributed by atoms with E-state index in [9.17, 15) is 22.4 Å². The van der Waals surface area contributed by atoms with Gasteiger partial charge in [0.05, 0.1) is 16.9 Å². The summed E-state index contributed by atoms with van der Waals surface area (Å²) in [5.74, 6) is -2.48. The summed E-state index contributed by atoms with van der Waals surface area (Å²) in [6, 6.07) is 4.25. The summed E-state index contributed by atoms with van der Waals surface area (Å²) in [6.45, 7) is -0.0990. The molecule has 0 spiro atoms. The fraction of sp³-hybridized carbons (Fsp3) is 0.200. The first-order valence-electron chi connectivity index (χ1n) is 6.59. The fourth-order valence-corrected chi connectivity index (χ4v) is 2.93. The molecule has 0 N–H and O–H groups in total. The smallest absolute Gasteiger partial charge is 0.303 e. The van der Waals surface area contributed by atoms with Crippen molar-refractivity contribution in [3.8, 4) is 11.1 Å². The van der Waals surface area contributed by atoms with Gasteiger partial charge in [-0.25, -0.2) is 4.39 Å². The van der Waals surface area contributed by atoms with E-state index in [1.54, 1.807) is 6.07 Å². The Labute approximate surface area is 133 Å². The van der Waals surface area contributed by atoms with Crippen molar-refractivity contribution in [1.82, 2.24) is 4.98 Å². The first kappa shape index (κ1) is 15.7. The Morgan fingerprint density at radius 2 is 1.91 bits per heavy atom. The van der Waals surface area contributed by atoms with Crippen LogP contribution in [0, 0.1) is 5.82 Å². The van der Waals surface area contributed by atoms with E-state index in [0.717, 1.165) is 6.20 Å². The van der Waals surface area contributed by atoms with Gasteiger partial charge in [0, 0.05) is 18.3 Å². The average molecular weight is 345 g/mol. The zero-order chi connectivity index (χ0) is 16.8. The van der Waals surface area contributed by atoms with Gasteiger partial charge in [-0.15, -0.1) is 0 Å². The zero-order valence-electron chi connectivity index (χ0n) is 11.5. The van der Waals surface area contributed by atoms with Crippen molar-refractivity contribution in [2.75, 3.05) is 11.4 Å². The number of benzene rings is 1. The number of nitrogens with zero attached hydrogens (tertiary/aromatic N) is 2. The molecule has 0 fully saturated rings. The van der Waals surface area contributed by atoms with Crippen LogP contribution in [-0.4, -0.2) is 23.6 Å². The number of anilines is 1. The predicted octanol–water partition coefficient (Wildman–Crippen LogP) is 3.99. The van der Waals surface area contributed by atoms with Crippen LogP contribution in [0.15, 0.2) is 30.6 Å². The van der Waals surface area contributed by atoms with E-state index in [2.05, 4.69) is 4.98 Å². The molecule has 1 aromatic carbocycles. The average Bonchev–Trinajstić information content (AvgIpc) is 2.89. The maximum atomic E-state index is 13.3. The van der Waals surface area contributed by atoms with E-state index in [1.807, 2.05) is 0 Å². The van der Waals surface area contributed by atoms with Gasteiger partial charge in [0.25, 0.3) is 0 Å². The summed E-state index contributed by atoms with van der Waals surface area (Å²) in [6.07, 6.45) is -2.25. The summed E-state index contributed by atoms with van der Waals surface area (Å²) in [7, 11) is 0. The van der Waals surface area contributed by atoms with Crippen molar-refractivity contribution in [3.05, 3.63) is 47.0 Å². The Morgan fingerprint density at radius 1 is 1.17 bits per heavy atom. The van der Waals surface area contributed by atoms with Crippen molar-refractivity contribution >= 4 is 23.2 Å². The maximum absolute atomic E-state index is 13.3. The van der Waals surface area contributed by atoms with Crippen LogP contribution in [-0.2, 0) is 11.2 Å². The molecule has 0 unspecified atom stereocenters. The molecule has 8 heteroatoms. The van der Waals surface area contributed by atoms with Gasteiger partial charge < -0.3 is 4.90 Å². The topological polar surface area (TPSA) is 33.2 Å². The van der Waals surface area contributed by atoms with Gasteiger partial charge >= 0.3 is 12.1 Å². The number of hydrogen-bond acceptors (Lipinski definition) is 2. The molecular formula is C15H9ClF4N2O. The highest BCUT2D eigenvalue weighted by Crippen LogP contribution is 2.40. The van der Waals surface area contributed by atoms with E-state index in [1.165, 1.54) is 18.3 Å². The molecule has 120 valence electrons. The lowest BCUT2D eigenvalue weighted by atomic mass is 10.0. The highest BCUT2D eigenvalue weighted by molar-refractivity contribution is 6.34. The molecule has 1 aliphatic rings. The zero-order valence-corrected chi connectivity index (χ0v) is 12.2. The molecule has 2 heterocycles. The standard InChI is InChI=1S/C15H9ClF4N2O/c16-12-5-9(10-4-11(17)7-21-6-10)3-8-1-2-22(13(8)12)14(23)15(18,19)20/h3-7H,1-2H2. The first-order chi connectivity index (χ1) is 10.8. The Morgan fingerprint density at radius 3 is 2.57 bits per heavy atom. The van der Waals surface area contributed by atoms with Crippen LogP contribution in [0.4, 0.5) is 23.2 Å².